The molecule has 4 aliphatic carbocycles. The van der Waals surface area contributed by atoms with Crippen LogP contribution >= 0.6 is 0 Å². The number of carbonyl (C=O) groups is 1. The molecule has 4 aliphatic rings. The Morgan fingerprint density at radius 3 is 2.65 bits per heavy atom. The number of nitrogens with one attached hydrogen (secondary N) is 1. The molecule has 1 amide bonds. The predicted molar refractivity (Wildman–Crippen MR) is 85.9 cm³/mol. The Labute approximate surface area is 134 Å². The Hall–Kier alpha value is -2.42. The predicted octanol–water partition coefficient (Wildman–Crippen LogP) is 3.68. The lowest BCUT2D eigenvalue weighted by molar-refractivity contribution is -0.120. The molecule has 0 spiro atoms. The first-order valence-electron chi connectivity index (χ1n) is 8.11. The highest BCUT2D eigenvalue weighted by atomic mass is 19.1. The molecule has 5 rings (SSSR count). The number of rotatable bonds is 3. The highest BCUT2D eigenvalue weighted by molar-refractivity contribution is 6.03. The second-order valence-electron chi connectivity index (χ2n) is 6.80. The van der Waals surface area contributed by atoms with Crippen LogP contribution in [0.2, 0.25) is 0 Å². The van der Waals surface area contributed by atoms with E-state index in [0.29, 0.717) is 5.92 Å². The molecule has 1 aromatic rings. The van der Waals surface area contributed by atoms with Crippen LogP contribution in [0, 0.1) is 11.7 Å². The van der Waals surface area contributed by atoms with Gasteiger partial charge in [0.05, 0.1) is 5.54 Å². The van der Waals surface area contributed by atoms with Crippen molar-refractivity contribution < 1.29 is 9.18 Å². The quantitative estimate of drug-likeness (QED) is 0.907. The molecule has 1 unspecified atom stereocenters. The first kappa shape index (κ1) is 13.1. The van der Waals surface area contributed by atoms with Gasteiger partial charge in [-0.25, -0.2) is 4.39 Å². The van der Waals surface area contributed by atoms with Crippen LogP contribution in [0.4, 0.5) is 4.39 Å². The number of halogens is 1. The summed E-state index contributed by atoms with van der Waals surface area (Å²) < 4.78 is 13.2. The Bertz CT molecular complexity index is 850. The van der Waals surface area contributed by atoms with Gasteiger partial charge in [0.15, 0.2) is 0 Å². The van der Waals surface area contributed by atoms with Crippen molar-refractivity contribution in [3.63, 3.8) is 0 Å². The van der Waals surface area contributed by atoms with Crippen LogP contribution in [-0.4, -0.2) is 5.91 Å². The van der Waals surface area contributed by atoms with Crippen LogP contribution in [-0.2, 0) is 10.3 Å². The number of amides is 1. The zero-order valence-electron chi connectivity index (χ0n) is 12.6. The van der Waals surface area contributed by atoms with Crippen LogP contribution in [0.15, 0.2) is 70.9 Å². The fourth-order valence-electron chi connectivity index (χ4n) is 3.93. The van der Waals surface area contributed by atoms with Crippen molar-refractivity contribution in [2.75, 3.05) is 0 Å². The lowest BCUT2D eigenvalue weighted by Crippen LogP contribution is -2.51. The molecule has 1 N–H and O–H groups in total. The second kappa shape index (κ2) is 4.31. The zero-order chi connectivity index (χ0) is 15.6. The molecule has 23 heavy (non-hydrogen) atoms. The summed E-state index contributed by atoms with van der Waals surface area (Å²) in [4.78, 5) is 12.8. The third-order valence-corrected chi connectivity index (χ3v) is 5.49. The van der Waals surface area contributed by atoms with Crippen molar-refractivity contribution in [1.82, 2.24) is 5.32 Å². The van der Waals surface area contributed by atoms with Gasteiger partial charge in [0.1, 0.15) is 5.82 Å². The third kappa shape index (κ3) is 1.83. The first-order chi connectivity index (χ1) is 11.2. The lowest BCUT2D eigenvalue weighted by Gasteiger charge is -2.43. The minimum atomic E-state index is -0.338. The van der Waals surface area contributed by atoms with E-state index in [1.807, 2.05) is 6.08 Å². The van der Waals surface area contributed by atoms with Crippen LogP contribution in [0.25, 0.3) is 0 Å². The molecule has 1 fully saturated rings. The van der Waals surface area contributed by atoms with Gasteiger partial charge in [-0.15, -0.1) is 0 Å². The Morgan fingerprint density at radius 1 is 1.17 bits per heavy atom. The summed E-state index contributed by atoms with van der Waals surface area (Å²) in [6.07, 6.45) is 11.2. The normalized spacial score (nSPS) is 25.3. The molecule has 1 aromatic carbocycles. The minimum Gasteiger partial charge on any atom is -0.343 e. The summed E-state index contributed by atoms with van der Waals surface area (Å²) in [5.41, 5.74) is 5.10. The van der Waals surface area contributed by atoms with E-state index >= 15 is 0 Å². The summed E-state index contributed by atoms with van der Waals surface area (Å²) in [7, 11) is 0. The maximum atomic E-state index is 13.2. The first-order valence-corrected chi connectivity index (χ1v) is 8.11. The number of hydrogen-bond acceptors (Lipinski definition) is 1. The third-order valence-electron chi connectivity index (χ3n) is 5.49. The molecule has 1 atom stereocenters. The fraction of sp³-hybridized carbons (Fsp3) is 0.250. The van der Waals surface area contributed by atoms with Crippen LogP contribution in [0.5, 0.6) is 0 Å². The fourth-order valence-corrected chi connectivity index (χ4v) is 3.93. The van der Waals surface area contributed by atoms with E-state index in [4.69, 9.17) is 0 Å². The highest BCUT2D eigenvalue weighted by Gasteiger charge is 2.43. The summed E-state index contributed by atoms with van der Waals surface area (Å²) in [6.45, 7) is 0. The molecule has 3 heteroatoms. The number of carbonyl (C=O) groups excluding carboxylic acids is 1. The molecule has 0 radical (unpaired) electrons. The zero-order valence-corrected chi connectivity index (χ0v) is 12.6. The van der Waals surface area contributed by atoms with E-state index in [-0.39, 0.29) is 17.3 Å². The highest BCUT2D eigenvalue weighted by Crippen LogP contribution is 2.51. The molecular weight excluding hydrogens is 289 g/mol. The van der Waals surface area contributed by atoms with E-state index in [9.17, 15) is 9.18 Å². The van der Waals surface area contributed by atoms with E-state index < -0.39 is 0 Å². The summed E-state index contributed by atoms with van der Waals surface area (Å²) in [5, 5.41) is 3.23. The number of hydrogen-bond donors (Lipinski definition) is 1. The second-order valence-corrected chi connectivity index (χ2v) is 6.80. The van der Waals surface area contributed by atoms with Gasteiger partial charge in [0, 0.05) is 11.5 Å². The van der Waals surface area contributed by atoms with E-state index in [2.05, 4.69) is 23.5 Å². The van der Waals surface area contributed by atoms with Crippen molar-refractivity contribution >= 4 is 5.91 Å². The topological polar surface area (TPSA) is 29.1 Å². The minimum absolute atomic E-state index is 0.0200. The SMILES string of the molecule is O=C(NC1(c2ccc(F)cc2)CCC1)C1=CC=C2C1=CC1=CC12. The Kier molecular flexibility index (Phi) is 2.45. The Morgan fingerprint density at radius 2 is 1.96 bits per heavy atom. The van der Waals surface area contributed by atoms with E-state index in [0.717, 1.165) is 36.0 Å². The van der Waals surface area contributed by atoms with Gasteiger partial charge in [0.2, 0.25) is 0 Å². The maximum Gasteiger partial charge on any atom is 0.252 e. The number of fused-ring (bicyclic) bond motifs is 3. The lowest BCUT2D eigenvalue weighted by atomic mass is 9.71. The monoisotopic (exact) mass is 305 g/mol. The van der Waals surface area contributed by atoms with Crippen molar-refractivity contribution in [2.45, 2.75) is 24.8 Å². The van der Waals surface area contributed by atoms with Gasteiger partial charge in [-0.2, -0.15) is 0 Å². The van der Waals surface area contributed by atoms with Gasteiger partial charge >= 0.3 is 0 Å². The summed E-state index contributed by atoms with van der Waals surface area (Å²) in [6, 6.07) is 6.51. The molecule has 2 nitrogen and oxygen atoms in total. The standard InChI is InChI=1S/C20H16FNO/c21-14-4-2-13(3-5-14)20(8-1-9-20)22-19(23)16-7-6-15-17-10-12(17)11-18(15)16/h2-7,10-11,17H,1,8-9H2,(H,22,23). The van der Waals surface area contributed by atoms with Gasteiger partial charge in [-0.05, 0) is 65.8 Å². The molecule has 0 saturated heterocycles. The molecule has 0 aromatic heterocycles. The van der Waals surface area contributed by atoms with Crippen molar-refractivity contribution in [2.24, 2.45) is 5.92 Å². The van der Waals surface area contributed by atoms with E-state index in [1.54, 1.807) is 12.1 Å². The van der Waals surface area contributed by atoms with E-state index in [1.165, 1.54) is 23.3 Å². The maximum absolute atomic E-state index is 13.2. The van der Waals surface area contributed by atoms with Gasteiger partial charge in [0.25, 0.3) is 5.91 Å². The van der Waals surface area contributed by atoms with Crippen LogP contribution < -0.4 is 5.32 Å². The average Bonchev–Trinajstić information content (AvgIpc) is 2.99. The number of benzene rings is 1. The largest absolute Gasteiger partial charge is 0.343 e. The molecular formula is C20H16FNO. The molecule has 1 saturated carbocycles. The van der Waals surface area contributed by atoms with Gasteiger partial charge in [-0.1, -0.05) is 24.3 Å². The average molecular weight is 305 g/mol. The number of allylic oxidation sites excluding steroid dienone is 6. The van der Waals surface area contributed by atoms with Crippen LogP contribution in [0.3, 0.4) is 0 Å². The van der Waals surface area contributed by atoms with Crippen molar-refractivity contribution in [1.29, 1.82) is 0 Å². The van der Waals surface area contributed by atoms with Gasteiger partial charge in [-0.3, -0.25) is 4.79 Å². The van der Waals surface area contributed by atoms with Gasteiger partial charge < -0.3 is 5.32 Å². The molecule has 0 bridgehead atoms. The molecule has 0 heterocycles. The van der Waals surface area contributed by atoms with Crippen molar-refractivity contribution in [3.8, 4) is 0 Å². The molecule has 0 aliphatic heterocycles. The summed E-state index contributed by atoms with van der Waals surface area (Å²) in [5.74, 6) is 0.195. The molecule has 114 valence electrons. The van der Waals surface area contributed by atoms with Crippen molar-refractivity contribution in [3.05, 3.63) is 82.2 Å². The smallest absolute Gasteiger partial charge is 0.252 e. The Balaban J connectivity index is 1.40. The van der Waals surface area contributed by atoms with Crippen LogP contribution in [0.1, 0.15) is 24.8 Å². The summed E-state index contributed by atoms with van der Waals surface area (Å²) >= 11 is 0.